The standard InChI is InChI=1S/C20H16N2O/c23-17-12-10-16(11-13-17)20-18-8-4-5-9-19(18)22(21-20)14-15-6-2-1-3-7-15/h1-13,23H,14H2. The first-order chi connectivity index (χ1) is 11.3. The summed E-state index contributed by atoms with van der Waals surface area (Å²) in [5, 5.41) is 15.4. The predicted molar refractivity (Wildman–Crippen MR) is 92.4 cm³/mol. The summed E-state index contributed by atoms with van der Waals surface area (Å²) in [5.74, 6) is 0.266. The lowest BCUT2D eigenvalue weighted by atomic mass is 10.1. The third kappa shape index (κ3) is 2.57. The van der Waals surface area contributed by atoms with E-state index in [-0.39, 0.29) is 5.75 Å². The fourth-order valence-electron chi connectivity index (χ4n) is 2.84. The highest BCUT2D eigenvalue weighted by atomic mass is 16.3. The number of rotatable bonds is 3. The molecule has 3 nitrogen and oxygen atoms in total. The first-order valence-electron chi connectivity index (χ1n) is 7.60. The number of benzene rings is 3. The Hall–Kier alpha value is -3.07. The molecule has 0 saturated carbocycles. The van der Waals surface area contributed by atoms with Crippen LogP contribution in [0.4, 0.5) is 0 Å². The maximum atomic E-state index is 9.49. The first-order valence-corrected chi connectivity index (χ1v) is 7.60. The van der Waals surface area contributed by atoms with Gasteiger partial charge in [-0.3, -0.25) is 4.68 Å². The molecule has 4 rings (SSSR count). The molecule has 4 aromatic rings. The van der Waals surface area contributed by atoms with Crippen LogP contribution >= 0.6 is 0 Å². The Morgan fingerprint density at radius 3 is 2.26 bits per heavy atom. The van der Waals surface area contributed by atoms with Gasteiger partial charge in [0.1, 0.15) is 11.4 Å². The van der Waals surface area contributed by atoms with Gasteiger partial charge in [-0.2, -0.15) is 5.10 Å². The molecule has 112 valence electrons. The Morgan fingerprint density at radius 2 is 1.48 bits per heavy atom. The highest BCUT2D eigenvalue weighted by Gasteiger charge is 2.12. The van der Waals surface area contributed by atoms with Crippen LogP contribution in [0.15, 0.2) is 78.9 Å². The van der Waals surface area contributed by atoms with Crippen LogP contribution < -0.4 is 0 Å². The minimum Gasteiger partial charge on any atom is -0.508 e. The Morgan fingerprint density at radius 1 is 0.783 bits per heavy atom. The van der Waals surface area contributed by atoms with Crippen LogP contribution in [0.25, 0.3) is 22.2 Å². The summed E-state index contributed by atoms with van der Waals surface area (Å²) in [6, 6.07) is 25.8. The number of aromatic nitrogens is 2. The predicted octanol–water partition coefficient (Wildman–Crippen LogP) is 4.46. The molecule has 0 aliphatic carbocycles. The van der Waals surface area contributed by atoms with E-state index in [0.29, 0.717) is 0 Å². The van der Waals surface area contributed by atoms with Crippen molar-refractivity contribution in [1.82, 2.24) is 9.78 Å². The van der Waals surface area contributed by atoms with Crippen LogP contribution in [-0.4, -0.2) is 14.9 Å². The SMILES string of the molecule is Oc1ccc(-c2nn(Cc3ccccc3)c3ccccc23)cc1. The van der Waals surface area contributed by atoms with Gasteiger partial charge in [0.15, 0.2) is 0 Å². The highest BCUT2D eigenvalue weighted by molar-refractivity contribution is 5.93. The molecule has 0 aliphatic rings. The lowest BCUT2D eigenvalue weighted by Gasteiger charge is -2.03. The van der Waals surface area contributed by atoms with Crippen molar-refractivity contribution in [2.24, 2.45) is 0 Å². The quantitative estimate of drug-likeness (QED) is 0.606. The van der Waals surface area contributed by atoms with Gasteiger partial charge in [0.05, 0.1) is 12.1 Å². The van der Waals surface area contributed by atoms with E-state index in [4.69, 9.17) is 5.10 Å². The molecule has 1 N–H and O–H groups in total. The molecule has 1 aromatic heterocycles. The van der Waals surface area contributed by atoms with Gasteiger partial charge in [-0.05, 0) is 35.9 Å². The van der Waals surface area contributed by atoms with Gasteiger partial charge in [0.25, 0.3) is 0 Å². The van der Waals surface area contributed by atoms with Crippen LogP contribution in [0.3, 0.4) is 0 Å². The fourth-order valence-corrected chi connectivity index (χ4v) is 2.84. The fraction of sp³-hybridized carbons (Fsp3) is 0.0500. The molecule has 0 amide bonds. The third-order valence-corrected chi connectivity index (χ3v) is 3.97. The van der Waals surface area contributed by atoms with Gasteiger partial charge >= 0.3 is 0 Å². The van der Waals surface area contributed by atoms with Gasteiger partial charge in [0, 0.05) is 10.9 Å². The van der Waals surface area contributed by atoms with Gasteiger partial charge in [-0.15, -0.1) is 0 Å². The Kier molecular flexibility index (Phi) is 3.31. The zero-order chi connectivity index (χ0) is 15.6. The van der Waals surface area contributed by atoms with Crippen molar-refractivity contribution in [2.45, 2.75) is 6.54 Å². The molecular weight excluding hydrogens is 284 g/mol. The number of fused-ring (bicyclic) bond motifs is 1. The Labute approximate surface area is 134 Å². The Balaban J connectivity index is 1.84. The second kappa shape index (κ2) is 5.61. The largest absolute Gasteiger partial charge is 0.508 e. The lowest BCUT2D eigenvalue weighted by Crippen LogP contribution is -2.01. The summed E-state index contributed by atoms with van der Waals surface area (Å²) in [5.41, 5.74) is 4.28. The molecule has 0 bridgehead atoms. The monoisotopic (exact) mass is 300 g/mol. The second-order valence-electron chi connectivity index (χ2n) is 5.56. The number of phenols is 1. The topological polar surface area (TPSA) is 38.1 Å². The summed E-state index contributed by atoms with van der Waals surface area (Å²) >= 11 is 0. The lowest BCUT2D eigenvalue weighted by molar-refractivity contribution is 0.475. The molecule has 3 aromatic carbocycles. The third-order valence-electron chi connectivity index (χ3n) is 3.97. The molecule has 1 heterocycles. The molecule has 0 unspecified atom stereocenters. The van der Waals surface area contributed by atoms with E-state index in [1.807, 2.05) is 47.1 Å². The molecule has 3 heteroatoms. The molecule has 0 radical (unpaired) electrons. The molecule has 23 heavy (non-hydrogen) atoms. The zero-order valence-electron chi connectivity index (χ0n) is 12.6. The maximum Gasteiger partial charge on any atom is 0.115 e. The van der Waals surface area contributed by atoms with E-state index in [9.17, 15) is 5.11 Å². The van der Waals surface area contributed by atoms with E-state index in [1.165, 1.54) is 5.56 Å². The number of aromatic hydroxyl groups is 1. The number of hydrogen-bond donors (Lipinski definition) is 1. The molecule has 0 fully saturated rings. The summed E-state index contributed by atoms with van der Waals surface area (Å²) in [6.07, 6.45) is 0. The van der Waals surface area contributed by atoms with Crippen molar-refractivity contribution < 1.29 is 5.11 Å². The zero-order valence-corrected chi connectivity index (χ0v) is 12.6. The molecule has 0 saturated heterocycles. The van der Waals surface area contributed by atoms with Gasteiger partial charge in [-0.25, -0.2) is 0 Å². The maximum absolute atomic E-state index is 9.49. The van der Waals surface area contributed by atoms with Crippen LogP contribution in [0.5, 0.6) is 5.75 Å². The number of hydrogen-bond acceptors (Lipinski definition) is 2. The van der Waals surface area contributed by atoms with Crippen molar-refractivity contribution in [3.8, 4) is 17.0 Å². The van der Waals surface area contributed by atoms with Gasteiger partial charge < -0.3 is 5.11 Å². The van der Waals surface area contributed by atoms with Crippen molar-refractivity contribution in [1.29, 1.82) is 0 Å². The van der Waals surface area contributed by atoms with E-state index >= 15 is 0 Å². The second-order valence-corrected chi connectivity index (χ2v) is 5.56. The van der Waals surface area contributed by atoms with Crippen molar-refractivity contribution in [3.63, 3.8) is 0 Å². The number of para-hydroxylation sites is 1. The van der Waals surface area contributed by atoms with E-state index in [0.717, 1.165) is 28.7 Å². The summed E-state index contributed by atoms with van der Waals surface area (Å²) in [6.45, 7) is 0.736. The summed E-state index contributed by atoms with van der Waals surface area (Å²) in [4.78, 5) is 0. The van der Waals surface area contributed by atoms with Crippen LogP contribution in [0.1, 0.15) is 5.56 Å². The Bertz CT molecular complexity index is 940. The molecular formula is C20H16N2O. The minimum absolute atomic E-state index is 0.266. The summed E-state index contributed by atoms with van der Waals surface area (Å²) < 4.78 is 2.03. The van der Waals surface area contributed by atoms with E-state index in [1.54, 1.807) is 12.1 Å². The van der Waals surface area contributed by atoms with E-state index < -0.39 is 0 Å². The van der Waals surface area contributed by atoms with Crippen LogP contribution in [0.2, 0.25) is 0 Å². The van der Waals surface area contributed by atoms with Crippen LogP contribution in [-0.2, 0) is 6.54 Å². The van der Waals surface area contributed by atoms with Crippen molar-refractivity contribution in [2.75, 3.05) is 0 Å². The minimum atomic E-state index is 0.266. The average Bonchev–Trinajstić information content (AvgIpc) is 2.95. The van der Waals surface area contributed by atoms with Crippen molar-refractivity contribution in [3.05, 3.63) is 84.4 Å². The smallest absolute Gasteiger partial charge is 0.115 e. The first kappa shape index (κ1) is 13.6. The van der Waals surface area contributed by atoms with Crippen molar-refractivity contribution >= 4 is 10.9 Å². The van der Waals surface area contributed by atoms with E-state index in [2.05, 4.69) is 24.3 Å². The average molecular weight is 300 g/mol. The summed E-state index contributed by atoms with van der Waals surface area (Å²) in [7, 11) is 0. The molecule has 0 atom stereocenters. The number of phenolic OH excluding ortho intramolecular Hbond substituents is 1. The molecule has 0 aliphatic heterocycles. The van der Waals surface area contributed by atoms with Crippen LogP contribution in [0, 0.1) is 0 Å². The number of nitrogens with zero attached hydrogens (tertiary/aromatic N) is 2. The normalized spacial score (nSPS) is 11.0. The van der Waals surface area contributed by atoms with Gasteiger partial charge in [0.2, 0.25) is 0 Å². The molecule has 0 spiro atoms. The van der Waals surface area contributed by atoms with Gasteiger partial charge in [-0.1, -0.05) is 48.5 Å². The highest BCUT2D eigenvalue weighted by Crippen LogP contribution is 2.29.